The average Bonchev–Trinajstić information content (AvgIpc) is 2.35. The minimum absolute atomic E-state index is 0.0277. The minimum Gasteiger partial charge on any atom is -0.399 e. The Balaban J connectivity index is 2.55. The molecule has 0 saturated heterocycles. The molecule has 0 aliphatic heterocycles. The molecule has 0 radical (unpaired) electrons. The Morgan fingerprint density at radius 3 is 2.68 bits per heavy atom. The van der Waals surface area contributed by atoms with Crippen LogP contribution in [-0.2, 0) is 15.6 Å². The molecule has 1 aromatic carbocycles. The van der Waals surface area contributed by atoms with Gasteiger partial charge in [0.25, 0.3) is 0 Å². The van der Waals surface area contributed by atoms with Crippen LogP contribution in [-0.4, -0.2) is 28.2 Å². The van der Waals surface area contributed by atoms with Crippen LogP contribution in [0.5, 0.6) is 0 Å². The third kappa shape index (κ3) is 5.42. The van der Waals surface area contributed by atoms with Crippen LogP contribution in [0.25, 0.3) is 0 Å². The molecule has 106 valence electrons. The molecule has 0 aliphatic rings. The maximum atomic E-state index is 12.1. The van der Waals surface area contributed by atoms with Crippen molar-refractivity contribution in [2.75, 3.05) is 17.7 Å². The van der Waals surface area contributed by atoms with E-state index in [0.717, 1.165) is 12.0 Å². The first-order chi connectivity index (χ1) is 8.90. The van der Waals surface area contributed by atoms with Crippen molar-refractivity contribution in [3.8, 4) is 0 Å². The zero-order valence-electron chi connectivity index (χ0n) is 11.7. The van der Waals surface area contributed by atoms with Crippen molar-refractivity contribution < 1.29 is 9.00 Å². The van der Waals surface area contributed by atoms with E-state index < -0.39 is 10.8 Å². The van der Waals surface area contributed by atoms with Crippen LogP contribution >= 0.6 is 0 Å². The Hall–Kier alpha value is -1.36. The van der Waals surface area contributed by atoms with E-state index in [2.05, 4.69) is 5.32 Å². The number of carbonyl (C=O) groups excluding carboxylic acids is 1. The van der Waals surface area contributed by atoms with E-state index in [1.54, 1.807) is 12.3 Å². The second kappa shape index (κ2) is 7.28. The number of benzene rings is 1. The highest BCUT2D eigenvalue weighted by atomic mass is 32.2. The lowest BCUT2D eigenvalue weighted by Crippen LogP contribution is -2.36. The van der Waals surface area contributed by atoms with Crippen molar-refractivity contribution in [1.82, 2.24) is 5.32 Å². The van der Waals surface area contributed by atoms with Gasteiger partial charge in [0, 0.05) is 34.5 Å². The van der Waals surface area contributed by atoms with Crippen LogP contribution in [0.1, 0.15) is 31.7 Å². The van der Waals surface area contributed by atoms with Gasteiger partial charge in [-0.05, 0) is 38.0 Å². The molecule has 0 spiro atoms. The molecule has 0 saturated carbocycles. The number of rotatable bonds is 6. The molecule has 1 rings (SSSR count). The quantitative estimate of drug-likeness (QED) is 0.779. The Labute approximate surface area is 117 Å². The monoisotopic (exact) mass is 282 g/mol. The number of nitrogen functional groups attached to an aromatic ring is 1. The highest BCUT2D eigenvalue weighted by molar-refractivity contribution is 7.84. The molecule has 0 aliphatic carbocycles. The van der Waals surface area contributed by atoms with Crippen LogP contribution in [0.2, 0.25) is 0 Å². The van der Waals surface area contributed by atoms with Crippen molar-refractivity contribution in [2.45, 2.75) is 32.2 Å². The molecule has 3 atom stereocenters. The molecule has 1 amide bonds. The number of nitrogens with two attached hydrogens (primary N) is 1. The fourth-order valence-electron chi connectivity index (χ4n) is 1.76. The summed E-state index contributed by atoms with van der Waals surface area (Å²) in [4.78, 5) is 12.1. The van der Waals surface area contributed by atoms with Crippen molar-refractivity contribution in [2.24, 2.45) is 0 Å². The first kappa shape index (κ1) is 15.7. The predicted molar refractivity (Wildman–Crippen MR) is 80.4 cm³/mol. The average molecular weight is 282 g/mol. The number of hydrogen-bond donors (Lipinski definition) is 2. The molecule has 0 aromatic heterocycles. The summed E-state index contributed by atoms with van der Waals surface area (Å²) in [6, 6.07) is 7.38. The van der Waals surface area contributed by atoms with Gasteiger partial charge in [0.2, 0.25) is 5.91 Å². The number of carbonyl (C=O) groups is 1. The van der Waals surface area contributed by atoms with Gasteiger partial charge in [0.15, 0.2) is 0 Å². The lowest BCUT2D eigenvalue weighted by molar-refractivity contribution is -0.122. The molecule has 0 fully saturated rings. The van der Waals surface area contributed by atoms with Gasteiger partial charge in [-0.1, -0.05) is 12.1 Å². The van der Waals surface area contributed by atoms with E-state index in [-0.39, 0.29) is 17.9 Å². The second-order valence-electron chi connectivity index (χ2n) is 4.87. The summed E-state index contributed by atoms with van der Waals surface area (Å²) in [5, 5.41) is 2.94. The third-order valence-electron chi connectivity index (χ3n) is 3.03. The molecule has 5 heteroatoms. The van der Waals surface area contributed by atoms with Crippen molar-refractivity contribution in [1.29, 1.82) is 0 Å². The molecule has 19 heavy (non-hydrogen) atoms. The maximum Gasteiger partial charge on any atom is 0.227 e. The first-order valence-corrected chi connectivity index (χ1v) is 8.08. The van der Waals surface area contributed by atoms with E-state index in [4.69, 9.17) is 5.73 Å². The van der Waals surface area contributed by atoms with Crippen molar-refractivity contribution >= 4 is 22.4 Å². The van der Waals surface area contributed by atoms with Gasteiger partial charge in [-0.25, -0.2) is 0 Å². The number of hydrogen-bond acceptors (Lipinski definition) is 3. The molecule has 3 N–H and O–H groups in total. The third-order valence-corrected chi connectivity index (χ3v) is 3.84. The fraction of sp³-hybridized carbons (Fsp3) is 0.500. The van der Waals surface area contributed by atoms with Gasteiger partial charge in [0.05, 0.1) is 5.92 Å². The Morgan fingerprint density at radius 2 is 2.11 bits per heavy atom. The Kier molecular flexibility index (Phi) is 6.02. The standard InChI is InChI=1S/C14H22N2O2S/c1-10(7-8-19(3)18)16-14(17)11(2)12-5-4-6-13(15)9-12/h4-6,9-11H,7-8,15H2,1-3H3,(H,16,17). The number of nitrogens with one attached hydrogen (secondary N) is 1. The molecule has 0 bridgehead atoms. The summed E-state index contributed by atoms with van der Waals surface area (Å²) >= 11 is 0. The van der Waals surface area contributed by atoms with Crippen LogP contribution in [0.3, 0.4) is 0 Å². The maximum absolute atomic E-state index is 12.1. The van der Waals surface area contributed by atoms with Gasteiger partial charge in [0.1, 0.15) is 0 Å². The van der Waals surface area contributed by atoms with E-state index in [9.17, 15) is 9.00 Å². The highest BCUT2D eigenvalue weighted by Gasteiger charge is 2.17. The Morgan fingerprint density at radius 1 is 1.42 bits per heavy atom. The summed E-state index contributed by atoms with van der Waals surface area (Å²) in [5.41, 5.74) is 7.28. The molecule has 1 aromatic rings. The van der Waals surface area contributed by atoms with Crippen LogP contribution in [0, 0.1) is 0 Å². The van der Waals surface area contributed by atoms with E-state index in [1.165, 1.54) is 0 Å². The Bertz CT molecular complexity index is 463. The van der Waals surface area contributed by atoms with Crippen LogP contribution < -0.4 is 11.1 Å². The van der Waals surface area contributed by atoms with Gasteiger partial charge in [-0.15, -0.1) is 0 Å². The van der Waals surface area contributed by atoms with Crippen molar-refractivity contribution in [3.63, 3.8) is 0 Å². The minimum atomic E-state index is -0.819. The summed E-state index contributed by atoms with van der Waals surface area (Å²) in [6.45, 7) is 3.78. The lowest BCUT2D eigenvalue weighted by atomic mass is 9.99. The topological polar surface area (TPSA) is 72.2 Å². The first-order valence-electron chi connectivity index (χ1n) is 6.36. The van der Waals surface area contributed by atoms with Gasteiger partial charge >= 0.3 is 0 Å². The molecular formula is C14H22N2O2S. The summed E-state index contributed by atoms with van der Waals surface area (Å²) in [5.74, 6) is 0.340. The molecule has 3 unspecified atom stereocenters. The SMILES string of the molecule is CC(CCS(C)=O)NC(=O)C(C)c1cccc(N)c1. The van der Waals surface area contributed by atoms with Crippen molar-refractivity contribution in [3.05, 3.63) is 29.8 Å². The van der Waals surface area contributed by atoms with E-state index >= 15 is 0 Å². The van der Waals surface area contributed by atoms with Gasteiger partial charge < -0.3 is 11.1 Å². The fourth-order valence-corrected chi connectivity index (χ4v) is 2.45. The van der Waals surface area contributed by atoms with E-state index in [0.29, 0.717) is 11.4 Å². The van der Waals surface area contributed by atoms with E-state index in [1.807, 2.05) is 32.0 Å². The molecule has 4 nitrogen and oxygen atoms in total. The zero-order valence-corrected chi connectivity index (χ0v) is 12.5. The van der Waals surface area contributed by atoms with Crippen LogP contribution in [0.15, 0.2) is 24.3 Å². The molecule has 0 heterocycles. The second-order valence-corrected chi connectivity index (χ2v) is 6.42. The predicted octanol–water partition coefficient (Wildman–Crippen LogP) is 1.65. The normalized spacial score (nSPS) is 15.5. The largest absolute Gasteiger partial charge is 0.399 e. The number of amides is 1. The lowest BCUT2D eigenvalue weighted by Gasteiger charge is -2.17. The van der Waals surface area contributed by atoms with Crippen LogP contribution in [0.4, 0.5) is 5.69 Å². The van der Waals surface area contributed by atoms with Gasteiger partial charge in [-0.3, -0.25) is 9.00 Å². The number of anilines is 1. The van der Waals surface area contributed by atoms with Gasteiger partial charge in [-0.2, -0.15) is 0 Å². The summed E-state index contributed by atoms with van der Waals surface area (Å²) in [6.07, 6.45) is 2.39. The summed E-state index contributed by atoms with van der Waals surface area (Å²) < 4.78 is 11.0. The summed E-state index contributed by atoms with van der Waals surface area (Å²) in [7, 11) is -0.819. The smallest absolute Gasteiger partial charge is 0.227 e. The molecular weight excluding hydrogens is 260 g/mol. The highest BCUT2D eigenvalue weighted by Crippen LogP contribution is 2.18. The zero-order chi connectivity index (χ0) is 14.4.